The molecule has 1 rings (SSSR count). The van der Waals surface area contributed by atoms with Gasteiger partial charge in [0, 0.05) is 43.1 Å². The summed E-state index contributed by atoms with van der Waals surface area (Å²) in [6.45, 7) is 2.19. The number of nitriles is 1. The number of rotatable bonds is 6. The van der Waals surface area contributed by atoms with E-state index in [4.69, 9.17) is 10.4 Å². The number of carbonyl (C=O) groups is 1. The van der Waals surface area contributed by atoms with Crippen molar-refractivity contribution in [1.82, 2.24) is 0 Å². The Morgan fingerprint density at radius 2 is 2.29 bits per heavy atom. The van der Waals surface area contributed by atoms with Gasteiger partial charge in [0.1, 0.15) is 0 Å². The maximum absolute atomic E-state index is 10.8. The molecule has 0 radical (unpaired) electrons. The van der Waals surface area contributed by atoms with Crippen LogP contribution >= 0.6 is 0 Å². The lowest BCUT2D eigenvalue weighted by molar-refractivity contribution is -0.384. The zero-order valence-corrected chi connectivity index (χ0v) is 11.7. The number of non-ortho nitro benzene ring substituents is 1. The van der Waals surface area contributed by atoms with Gasteiger partial charge in [0.15, 0.2) is 0 Å². The lowest BCUT2D eigenvalue weighted by atomic mass is 10.1. The lowest BCUT2D eigenvalue weighted by Gasteiger charge is -2.22. The van der Waals surface area contributed by atoms with Gasteiger partial charge in [-0.25, -0.2) is 4.79 Å². The van der Waals surface area contributed by atoms with Gasteiger partial charge >= 0.3 is 5.97 Å². The van der Waals surface area contributed by atoms with Gasteiger partial charge in [-0.3, -0.25) is 10.1 Å². The molecule has 0 saturated heterocycles. The Labute approximate surface area is 121 Å². The third-order valence-electron chi connectivity index (χ3n) is 2.81. The molecule has 7 heteroatoms. The van der Waals surface area contributed by atoms with Crippen molar-refractivity contribution in [3.8, 4) is 6.07 Å². The van der Waals surface area contributed by atoms with Crippen LogP contribution in [0.2, 0.25) is 0 Å². The van der Waals surface area contributed by atoms with Crippen LogP contribution in [0.25, 0.3) is 6.08 Å². The summed E-state index contributed by atoms with van der Waals surface area (Å²) in [5.41, 5.74) is 0.921. The SMILES string of the molecule is CC(C#N)CN(C)c1ccc([N+](=O)[O-])cc1C=CC(=O)O. The van der Waals surface area contributed by atoms with Crippen LogP contribution in [0.3, 0.4) is 0 Å². The van der Waals surface area contributed by atoms with Crippen LogP contribution in [-0.2, 0) is 4.79 Å². The summed E-state index contributed by atoms with van der Waals surface area (Å²) in [5.74, 6) is -1.36. The fourth-order valence-electron chi connectivity index (χ4n) is 1.85. The van der Waals surface area contributed by atoms with Gasteiger partial charge < -0.3 is 10.0 Å². The third kappa shape index (κ3) is 4.62. The molecule has 21 heavy (non-hydrogen) atoms. The second kappa shape index (κ2) is 7.05. The van der Waals surface area contributed by atoms with Crippen LogP contribution in [0, 0.1) is 27.4 Å². The standard InChI is InChI=1S/C14H15N3O4/c1-10(8-15)9-16(2)13-5-4-12(17(20)21)7-11(13)3-6-14(18)19/h3-7,10H,9H2,1-2H3,(H,18,19). The van der Waals surface area contributed by atoms with Gasteiger partial charge in [0.25, 0.3) is 5.69 Å². The zero-order valence-electron chi connectivity index (χ0n) is 11.7. The highest BCUT2D eigenvalue weighted by atomic mass is 16.6. The van der Waals surface area contributed by atoms with Crippen molar-refractivity contribution in [2.45, 2.75) is 6.92 Å². The van der Waals surface area contributed by atoms with Crippen molar-refractivity contribution < 1.29 is 14.8 Å². The lowest BCUT2D eigenvalue weighted by Crippen LogP contribution is -2.23. The number of carboxylic acids is 1. The van der Waals surface area contributed by atoms with E-state index in [9.17, 15) is 14.9 Å². The van der Waals surface area contributed by atoms with E-state index in [-0.39, 0.29) is 11.6 Å². The normalized spacial score (nSPS) is 11.9. The molecular formula is C14H15N3O4. The number of nitro benzene ring substituents is 1. The molecule has 1 atom stereocenters. The van der Waals surface area contributed by atoms with Gasteiger partial charge in [0.2, 0.25) is 0 Å². The second-order valence-corrected chi connectivity index (χ2v) is 4.58. The Morgan fingerprint density at radius 1 is 1.62 bits per heavy atom. The molecular weight excluding hydrogens is 274 g/mol. The van der Waals surface area contributed by atoms with Crippen LogP contribution in [-0.4, -0.2) is 29.6 Å². The first-order chi connectivity index (χ1) is 9.85. The van der Waals surface area contributed by atoms with Gasteiger partial charge in [-0.1, -0.05) is 0 Å². The highest BCUT2D eigenvalue weighted by molar-refractivity contribution is 5.87. The molecule has 0 spiro atoms. The fraction of sp³-hybridized carbons (Fsp3) is 0.286. The second-order valence-electron chi connectivity index (χ2n) is 4.58. The minimum absolute atomic E-state index is 0.120. The topological polar surface area (TPSA) is 107 Å². The zero-order chi connectivity index (χ0) is 16.0. The monoisotopic (exact) mass is 289 g/mol. The minimum atomic E-state index is -1.14. The molecule has 0 heterocycles. The van der Waals surface area contributed by atoms with E-state index in [1.54, 1.807) is 24.9 Å². The molecule has 1 N–H and O–H groups in total. The first-order valence-corrected chi connectivity index (χ1v) is 6.15. The summed E-state index contributed by atoms with van der Waals surface area (Å²) in [6.07, 6.45) is 2.22. The smallest absolute Gasteiger partial charge is 0.328 e. The first kappa shape index (κ1) is 16.2. The number of hydrogen-bond donors (Lipinski definition) is 1. The van der Waals surface area contributed by atoms with E-state index >= 15 is 0 Å². The molecule has 1 aromatic carbocycles. The summed E-state index contributed by atoms with van der Waals surface area (Å²) >= 11 is 0. The van der Waals surface area contributed by atoms with E-state index in [1.807, 2.05) is 0 Å². The number of benzene rings is 1. The summed E-state index contributed by atoms with van der Waals surface area (Å²) in [5, 5.41) is 28.3. The van der Waals surface area contributed by atoms with Crippen molar-refractivity contribution in [2.75, 3.05) is 18.5 Å². The van der Waals surface area contributed by atoms with E-state index in [2.05, 4.69) is 6.07 Å². The van der Waals surface area contributed by atoms with Gasteiger partial charge in [-0.15, -0.1) is 0 Å². The van der Waals surface area contributed by atoms with Crippen LogP contribution in [0.4, 0.5) is 11.4 Å². The van der Waals surface area contributed by atoms with E-state index < -0.39 is 10.9 Å². The van der Waals surface area contributed by atoms with Crippen molar-refractivity contribution in [1.29, 1.82) is 5.26 Å². The molecule has 0 aliphatic rings. The number of nitro groups is 1. The van der Waals surface area contributed by atoms with E-state index in [1.165, 1.54) is 18.2 Å². The predicted octanol–water partition coefficient (Wildman–Crippen LogP) is 2.29. The molecule has 1 unspecified atom stereocenters. The summed E-state index contributed by atoms with van der Waals surface area (Å²) in [7, 11) is 1.74. The molecule has 0 aliphatic carbocycles. The molecule has 0 fully saturated rings. The number of aliphatic carboxylic acids is 1. The van der Waals surface area contributed by atoms with Crippen molar-refractivity contribution in [3.05, 3.63) is 40.0 Å². The Hall–Kier alpha value is -2.88. The van der Waals surface area contributed by atoms with E-state index in [0.717, 1.165) is 6.08 Å². The Bertz CT molecular complexity index is 619. The fourth-order valence-corrected chi connectivity index (χ4v) is 1.85. The Kier molecular flexibility index (Phi) is 5.43. The largest absolute Gasteiger partial charge is 0.478 e. The molecule has 1 aromatic rings. The van der Waals surface area contributed by atoms with Gasteiger partial charge in [-0.05, 0) is 19.1 Å². The quantitative estimate of drug-likeness (QED) is 0.489. The van der Waals surface area contributed by atoms with Gasteiger partial charge in [0.05, 0.1) is 16.9 Å². The minimum Gasteiger partial charge on any atom is -0.478 e. The highest BCUT2D eigenvalue weighted by Gasteiger charge is 2.14. The maximum Gasteiger partial charge on any atom is 0.328 e. The van der Waals surface area contributed by atoms with Crippen molar-refractivity contribution >= 4 is 23.4 Å². The molecule has 0 saturated carbocycles. The number of hydrogen-bond acceptors (Lipinski definition) is 5. The van der Waals surface area contributed by atoms with Crippen LogP contribution < -0.4 is 4.90 Å². The highest BCUT2D eigenvalue weighted by Crippen LogP contribution is 2.26. The number of anilines is 1. The molecule has 0 aromatic heterocycles. The number of nitrogens with zero attached hydrogens (tertiary/aromatic N) is 3. The maximum atomic E-state index is 10.8. The molecule has 110 valence electrons. The first-order valence-electron chi connectivity index (χ1n) is 6.15. The van der Waals surface area contributed by atoms with Gasteiger partial charge in [-0.2, -0.15) is 5.26 Å². The van der Waals surface area contributed by atoms with E-state index in [0.29, 0.717) is 17.8 Å². The molecule has 0 aliphatic heterocycles. The Balaban J connectivity index is 3.20. The van der Waals surface area contributed by atoms with Crippen molar-refractivity contribution in [3.63, 3.8) is 0 Å². The summed E-state index contributed by atoms with van der Waals surface area (Å²) in [6, 6.07) is 6.30. The summed E-state index contributed by atoms with van der Waals surface area (Å²) < 4.78 is 0. The average Bonchev–Trinajstić information content (AvgIpc) is 2.44. The van der Waals surface area contributed by atoms with Crippen LogP contribution in [0.1, 0.15) is 12.5 Å². The van der Waals surface area contributed by atoms with Crippen LogP contribution in [0.15, 0.2) is 24.3 Å². The predicted molar refractivity (Wildman–Crippen MR) is 77.8 cm³/mol. The third-order valence-corrected chi connectivity index (χ3v) is 2.81. The molecule has 7 nitrogen and oxygen atoms in total. The number of carboxylic acid groups (broad SMARTS) is 1. The van der Waals surface area contributed by atoms with Crippen LogP contribution in [0.5, 0.6) is 0 Å². The van der Waals surface area contributed by atoms with Crippen molar-refractivity contribution in [2.24, 2.45) is 5.92 Å². The Morgan fingerprint density at radius 3 is 2.81 bits per heavy atom. The summed E-state index contributed by atoms with van der Waals surface area (Å²) in [4.78, 5) is 22.6. The molecule has 0 amide bonds. The average molecular weight is 289 g/mol. The molecule has 0 bridgehead atoms.